The summed E-state index contributed by atoms with van der Waals surface area (Å²) in [4.78, 5) is 6.18. The fraction of sp³-hybridized carbons (Fsp3) is 0.160. The largest absolute Gasteiger partial charge is 0.300 e. The van der Waals surface area contributed by atoms with Crippen molar-refractivity contribution in [3.8, 4) is 0 Å². The van der Waals surface area contributed by atoms with Crippen LogP contribution in [0.5, 0.6) is 0 Å². The van der Waals surface area contributed by atoms with Crippen LogP contribution in [0.3, 0.4) is 0 Å². The third kappa shape index (κ3) is 8.60. The highest BCUT2D eigenvalue weighted by Gasteiger charge is 2.23. The molecular weight excluding hydrogens is 615 g/mol. The SMILES string of the molecule is C=C\C=C/C(=C\C)C(/C(=N)c1ccccc1I)=C(/C(=N)F)c1ccccn1.CC.CI. The molecule has 0 radical (unpaired) electrons. The first kappa shape index (κ1) is 29.1. The summed E-state index contributed by atoms with van der Waals surface area (Å²) in [7, 11) is 0. The Morgan fingerprint density at radius 2 is 1.68 bits per heavy atom. The smallest absolute Gasteiger partial charge is 0.215 e. The van der Waals surface area contributed by atoms with Crippen molar-refractivity contribution in [1.82, 2.24) is 4.98 Å². The maximum absolute atomic E-state index is 14.4. The molecule has 2 N–H and O–H groups in total. The zero-order valence-electron chi connectivity index (χ0n) is 18.2. The second-order valence-corrected chi connectivity index (χ2v) is 6.63. The molecule has 2 rings (SSSR count). The van der Waals surface area contributed by atoms with Crippen LogP contribution < -0.4 is 0 Å². The topological polar surface area (TPSA) is 60.6 Å². The van der Waals surface area contributed by atoms with Gasteiger partial charge in [-0.25, -0.2) is 0 Å². The molecule has 0 atom stereocenters. The van der Waals surface area contributed by atoms with E-state index in [9.17, 15) is 4.39 Å². The highest BCUT2D eigenvalue weighted by Crippen LogP contribution is 2.29. The van der Waals surface area contributed by atoms with E-state index >= 15 is 0 Å². The van der Waals surface area contributed by atoms with Crippen molar-refractivity contribution in [1.29, 1.82) is 10.8 Å². The van der Waals surface area contributed by atoms with Crippen LogP contribution in [0.4, 0.5) is 4.39 Å². The Morgan fingerprint density at radius 3 is 2.16 bits per heavy atom. The molecular formula is C25H28FI2N3. The molecule has 0 aliphatic rings. The van der Waals surface area contributed by atoms with Crippen molar-refractivity contribution in [2.24, 2.45) is 0 Å². The number of pyridine rings is 1. The van der Waals surface area contributed by atoms with Crippen molar-refractivity contribution in [3.63, 3.8) is 0 Å². The van der Waals surface area contributed by atoms with E-state index in [1.807, 2.05) is 50.0 Å². The van der Waals surface area contributed by atoms with Crippen LogP contribution in [0.25, 0.3) is 5.57 Å². The van der Waals surface area contributed by atoms with E-state index in [0.717, 1.165) is 3.57 Å². The number of alkyl halides is 1. The van der Waals surface area contributed by atoms with E-state index in [-0.39, 0.29) is 11.3 Å². The maximum Gasteiger partial charge on any atom is 0.215 e. The fourth-order valence-corrected chi connectivity index (χ4v) is 3.23. The number of nitrogens with zero attached hydrogens (tertiary/aromatic N) is 1. The second kappa shape index (κ2) is 16.7. The average Bonchev–Trinajstić information content (AvgIpc) is 2.81. The molecule has 164 valence electrons. The highest BCUT2D eigenvalue weighted by molar-refractivity contribution is 14.1. The van der Waals surface area contributed by atoms with Gasteiger partial charge in [0, 0.05) is 20.9 Å². The van der Waals surface area contributed by atoms with Crippen LogP contribution in [0.2, 0.25) is 0 Å². The maximum atomic E-state index is 14.4. The summed E-state index contributed by atoms with van der Waals surface area (Å²) in [6.07, 6.45) is 8.40. The lowest BCUT2D eigenvalue weighted by molar-refractivity contribution is 0.806. The molecule has 0 aliphatic carbocycles. The Labute approximate surface area is 212 Å². The van der Waals surface area contributed by atoms with Gasteiger partial charge in [-0.05, 0) is 58.2 Å². The summed E-state index contributed by atoms with van der Waals surface area (Å²) in [6, 6.07) is 12.5. The highest BCUT2D eigenvalue weighted by atomic mass is 127. The molecule has 0 saturated carbocycles. The lowest BCUT2D eigenvalue weighted by Gasteiger charge is -2.17. The number of allylic oxidation sites excluding steroid dienone is 7. The van der Waals surface area contributed by atoms with Gasteiger partial charge in [-0.1, -0.05) is 91.6 Å². The monoisotopic (exact) mass is 643 g/mol. The predicted octanol–water partition coefficient (Wildman–Crippen LogP) is 8.22. The van der Waals surface area contributed by atoms with Crippen LogP contribution >= 0.6 is 45.2 Å². The van der Waals surface area contributed by atoms with E-state index in [1.165, 1.54) is 0 Å². The minimum atomic E-state index is -1.13. The Bertz CT molecular complexity index is 962. The normalized spacial score (nSPS) is 11.4. The Kier molecular flexibility index (Phi) is 15.7. The molecule has 0 spiro atoms. The summed E-state index contributed by atoms with van der Waals surface area (Å²) in [5, 5.41) is 16.6. The molecule has 6 heteroatoms. The molecule has 0 unspecified atom stereocenters. The molecule has 2 aromatic rings. The van der Waals surface area contributed by atoms with E-state index in [2.05, 4.69) is 56.7 Å². The molecule has 0 bridgehead atoms. The minimum absolute atomic E-state index is 0.0120. The van der Waals surface area contributed by atoms with Gasteiger partial charge in [0.05, 0.1) is 17.0 Å². The lowest BCUT2D eigenvalue weighted by Crippen LogP contribution is -2.13. The van der Waals surface area contributed by atoms with Crippen LogP contribution in [0, 0.1) is 14.4 Å². The first-order valence-corrected chi connectivity index (χ1v) is 12.8. The number of aromatic nitrogens is 1. The molecule has 1 heterocycles. The molecule has 0 saturated heterocycles. The zero-order valence-corrected chi connectivity index (χ0v) is 22.5. The zero-order chi connectivity index (χ0) is 23.8. The van der Waals surface area contributed by atoms with Crippen molar-refractivity contribution in [2.75, 3.05) is 4.93 Å². The van der Waals surface area contributed by atoms with Gasteiger partial charge >= 0.3 is 0 Å². The summed E-state index contributed by atoms with van der Waals surface area (Å²) in [5.41, 5.74) is 2.01. The van der Waals surface area contributed by atoms with E-state index in [1.54, 1.807) is 48.7 Å². The van der Waals surface area contributed by atoms with Gasteiger partial charge in [0.2, 0.25) is 5.97 Å². The van der Waals surface area contributed by atoms with Gasteiger partial charge < -0.3 is 0 Å². The average molecular weight is 643 g/mol. The van der Waals surface area contributed by atoms with Gasteiger partial charge in [-0.15, -0.1) is 0 Å². The van der Waals surface area contributed by atoms with E-state index < -0.39 is 5.97 Å². The second-order valence-electron chi connectivity index (χ2n) is 5.47. The van der Waals surface area contributed by atoms with Crippen molar-refractivity contribution in [2.45, 2.75) is 20.8 Å². The van der Waals surface area contributed by atoms with Gasteiger partial charge in [-0.2, -0.15) is 4.39 Å². The Hall–Kier alpha value is -1.94. The van der Waals surface area contributed by atoms with E-state index in [0.29, 0.717) is 22.4 Å². The number of hydrogen-bond donors (Lipinski definition) is 2. The van der Waals surface area contributed by atoms with Gasteiger partial charge in [0.1, 0.15) is 0 Å². The van der Waals surface area contributed by atoms with Crippen molar-refractivity contribution >= 4 is 62.4 Å². The molecule has 3 nitrogen and oxygen atoms in total. The molecule has 0 aliphatic heterocycles. The first-order chi connectivity index (χ1) is 15.0. The van der Waals surface area contributed by atoms with Gasteiger partial charge in [0.15, 0.2) is 0 Å². The number of nitrogens with one attached hydrogen (secondary N) is 2. The van der Waals surface area contributed by atoms with Gasteiger partial charge in [-0.3, -0.25) is 15.8 Å². The van der Waals surface area contributed by atoms with Crippen LogP contribution in [0.1, 0.15) is 32.0 Å². The Morgan fingerprint density at radius 1 is 1.06 bits per heavy atom. The Balaban J connectivity index is 0.00000212. The molecule has 0 fully saturated rings. The minimum Gasteiger partial charge on any atom is -0.300 e. The number of halogens is 3. The molecule has 1 aromatic heterocycles. The quantitative estimate of drug-likeness (QED) is 0.136. The first-order valence-electron chi connectivity index (χ1n) is 9.58. The van der Waals surface area contributed by atoms with Crippen molar-refractivity contribution < 1.29 is 4.39 Å². The fourth-order valence-electron chi connectivity index (χ4n) is 2.57. The molecule has 31 heavy (non-hydrogen) atoms. The van der Waals surface area contributed by atoms with Crippen LogP contribution in [-0.4, -0.2) is 21.6 Å². The summed E-state index contributed by atoms with van der Waals surface area (Å²) < 4.78 is 15.3. The lowest BCUT2D eigenvalue weighted by atomic mass is 9.89. The third-order valence-corrected chi connectivity index (χ3v) is 4.74. The van der Waals surface area contributed by atoms with Crippen LogP contribution in [0.15, 0.2) is 90.7 Å². The summed E-state index contributed by atoms with van der Waals surface area (Å²) in [5.74, 6) is -1.13. The van der Waals surface area contributed by atoms with Crippen molar-refractivity contribution in [3.05, 3.63) is 106 Å². The predicted molar refractivity (Wildman–Crippen MR) is 150 cm³/mol. The standard InChI is InChI=1S/C22H19FIN3.C2H6.CH3I/c1-3-5-10-15(4-2)19(21(25)16-11-6-7-12-17(16)24)20(22(23)26)18-13-8-9-14-27-18;2*1-2/h3-14,25-26H,1H2,2H3;1-2H3;1H3/b10-5-,15-4+,20-19-,25-21?,26-22?;;. The van der Waals surface area contributed by atoms with E-state index in [4.69, 9.17) is 10.8 Å². The molecule has 1 aromatic carbocycles. The van der Waals surface area contributed by atoms with Gasteiger partial charge in [0.25, 0.3) is 0 Å². The number of hydrogen-bond acceptors (Lipinski definition) is 3. The number of rotatable bonds is 7. The summed E-state index contributed by atoms with van der Waals surface area (Å²) in [6.45, 7) is 9.48. The molecule has 0 amide bonds. The summed E-state index contributed by atoms with van der Waals surface area (Å²) >= 11 is 4.30. The van der Waals surface area contributed by atoms with Crippen LogP contribution in [-0.2, 0) is 0 Å². The number of benzene rings is 1. The third-order valence-electron chi connectivity index (χ3n) is 3.80.